The van der Waals surface area contributed by atoms with Crippen molar-refractivity contribution < 1.29 is 31.1 Å². The van der Waals surface area contributed by atoms with Crippen LogP contribution in [0.15, 0.2) is 12.1 Å². The van der Waals surface area contributed by atoms with Gasteiger partial charge in [-0.15, -0.1) is 10.2 Å². The molecule has 30 heavy (non-hydrogen) atoms. The number of fused-ring (bicyclic) bond motifs is 1. The van der Waals surface area contributed by atoms with Gasteiger partial charge in [-0.1, -0.05) is 0 Å². The summed E-state index contributed by atoms with van der Waals surface area (Å²) in [4.78, 5) is 14.0. The Morgan fingerprint density at radius 2 is 1.80 bits per heavy atom. The van der Waals surface area contributed by atoms with Crippen LogP contribution < -0.4 is 5.73 Å². The Hall–Kier alpha value is -2.63. The summed E-state index contributed by atoms with van der Waals surface area (Å²) in [6.45, 7) is 3.00. The number of rotatable bonds is 4. The highest BCUT2D eigenvalue weighted by Gasteiger charge is 2.43. The molecule has 164 valence electrons. The summed E-state index contributed by atoms with van der Waals surface area (Å²) < 4.78 is 80.5. The number of hydrogen-bond donors (Lipinski definition) is 1. The second-order valence-electron chi connectivity index (χ2n) is 7.35. The molecule has 2 aromatic rings. The zero-order valence-electron chi connectivity index (χ0n) is 16.1. The molecule has 0 radical (unpaired) electrons. The van der Waals surface area contributed by atoms with E-state index in [1.807, 2.05) is 0 Å². The molecule has 6 nitrogen and oxygen atoms in total. The first-order valence-electron chi connectivity index (χ1n) is 9.10. The van der Waals surface area contributed by atoms with Gasteiger partial charge in [0.1, 0.15) is 5.82 Å². The molecule has 2 N–H and O–H groups in total. The fourth-order valence-corrected chi connectivity index (χ4v) is 3.61. The standard InChI is InChI=1S/C18H19F6N5O/c1-8-7-28(9(2)16-26-27-17(29(8)16)18(22,23)24)15(30)5-11(25)3-10-4-13(20)14(21)6-12(10)19/h4,6,8-9,11H,3,5,7,25H2,1-2H3/t8-,9-,11-/m1/s1. The smallest absolute Gasteiger partial charge is 0.331 e. The fraction of sp³-hybridized carbons (Fsp3) is 0.500. The van der Waals surface area contributed by atoms with Crippen LogP contribution in [0.25, 0.3) is 0 Å². The molecular weight excluding hydrogens is 416 g/mol. The van der Waals surface area contributed by atoms with Gasteiger partial charge in [0.25, 0.3) is 0 Å². The molecule has 3 rings (SSSR count). The summed E-state index contributed by atoms with van der Waals surface area (Å²) in [6.07, 6.45) is -5.17. The van der Waals surface area contributed by atoms with Crippen LogP contribution >= 0.6 is 0 Å². The minimum Gasteiger partial charge on any atom is -0.331 e. The third kappa shape index (κ3) is 4.13. The molecule has 0 aliphatic carbocycles. The molecule has 0 saturated heterocycles. The van der Waals surface area contributed by atoms with Gasteiger partial charge in [-0.05, 0) is 31.9 Å². The van der Waals surface area contributed by atoms with Gasteiger partial charge < -0.3 is 15.2 Å². The van der Waals surface area contributed by atoms with Gasteiger partial charge in [-0.25, -0.2) is 13.2 Å². The Labute approximate surface area is 167 Å². The molecule has 1 amide bonds. The third-order valence-electron chi connectivity index (χ3n) is 5.05. The molecule has 12 heteroatoms. The van der Waals surface area contributed by atoms with E-state index in [2.05, 4.69) is 10.2 Å². The lowest BCUT2D eigenvalue weighted by Gasteiger charge is -2.38. The van der Waals surface area contributed by atoms with Crippen molar-refractivity contribution in [2.24, 2.45) is 5.73 Å². The second-order valence-corrected chi connectivity index (χ2v) is 7.35. The first kappa shape index (κ1) is 22.1. The van der Waals surface area contributed by atoms with E-state index in [1.54, 1.807) is 0 Å². The fourth-order valence-electron chi connectivity index (χ4n) is 3.61. The van der Waals surface area contributed by atoms with E-state index in [4.69, 9.17) is 5.73 Å². The van der Waals surface area contributed by atoms with E-state index in [1.165, 1.54) is 18.7 Å². The lowest BCUT2D eigenvalue weighted by molar-refractivity contribution is -0.149. The van der Waals surface area contributed by atoms with E-state index in [-0.39, 0.29) is 30.8 Å². The van der Waals surface area contributed by atoms with Crippen LogP contribution in [0.1, 0.15) is 49.6 Å². The van der Waals surface area contributed by atoms with Crippen molar-refractivity contribution in [1.29, 1.82) is 0 Å². The molecular formula is C18H19F6N5O. The molecule has 0 fully saturated rings. The van der Waals surface area contributed by atoms with Crippen molar-refractivity contribution in [1.82, 2.24) is 19.7 Å². The average Bonchev–Trinajstić information content (AvgIpc) is 3.09. The number of aromatic nitrogens is 3. The van der Waals surface area contributed by atoms with Crippen LogP contribution in [0.4, 0.5) is 26.3 Å². The summed E-state index contributed by atoms with van der Waals surface area (Å²) in [5.74, 6) is -5.16. The lowest BCUT2D eigenvalue weighted by Crippen LogP contribution is -2.45. The van der Waals surface area contributed by atoms with Gasteiger partial charge in [-0.3, -0.25) is 4.79 Å². The zero-order valence-corrected chi connectivity index (χ0v) is 16.1. The average molecular weight is 435 g/mol. The topological polar surface area (TPSA) is 77.0 Å². The van der Waals surface area contributed by atoms with Crippen molar-refractivity contribution in [3.63, 3.8) is 0 Å². The Kier molecular flexibility index (Phi) is 5.81. The Bertz CT molecular complexity index is 959. The van der Waals surface area contributed by atoms with Crippen molar-refractivity contribution in [2.45, 2.75) is 51.0 Å². The monoisotopic (exact) mass is 435 g/mol. The number of carbonyl (C=O) groups excluding carboxylic acids is 1. The summed E-state index contributed by atoms with van der Waals surface area (Å²) >= 11 is 0. The minimum atomic E-state index is -4.68. The summed E-state index contributed by atoms with van der Waals surface area (Å²) in [6, 6.07) is -1.35. The van der Waals surface area contributed by atoms with Gasteiger partial charge in [0.15, 0.2) is 17.5 Å². The maximum Gasteiger partial charge on any atom is 0.451 e. The van der Waals surface area contributed by atoms with E-state index < -0.39 is 53.5 Å². The highest BCUT2D eigenvalue weighted by molar-refractivity contribution is 5.77. The number of halogens is 6. The maximum atomic E-state index is 13.8. The van der Waals surface area contributed by atoms with Crippen LogP contribution in [-0.2, 0) is 17.4 Å². The van der Waals surface area contributed by atoms with E-state index >= 15 is 0 Å². The second kappa shape index (κ2) is 7.89. The Morgan fingerprint density at radius 3 is 2.43 bits per heavy atom. The molecule has 1 aliphatic rings. The number of benzene rings is 1. The van der Waals surface area contributed by atoms with E-state index in [9.17, 15) is 31.1 Å². The molecule has 0 bridgehead atoms. The predicted molar refractivity (Wildman–Crippen MR) is 92.5 cm³/mol. The normalized spacial score (nSPS) is 20.2. The zero-order chi connectivity index (χ0) is 22.4. The third-order valence-corrected chi connectivity index (χ3v) is 5.05. The van der Waals surface area contributed by atoms with Crippen LogP contribution in [0.5, 0.6) is 0 Å². The van der Waals surface area contributed by atoms with Crippen molar-refractivity contribution in [3.05, 3.63) is 46.8 Å². The van der Waals surface area contributed by atoms with Gasteiger partial charge in [0.05, 0.1) is 12.1 Å². The van der Waals surface area contributed by atoms with Crippen LogP contribution in [0.3, 0.4) is 0 Å². The number of nitrogens with two attached hydrogens (primary N) is 1. The summed E-state index contributed by atoms with van der Waals surface area (Å²) in [5, 5.41) is 6.83. The maximum absolute atomic E-state index is 13.8. The van der Waals surface area contributed by atoms with Crippen LogP contribution in [-0.4, -0.2) is 38.2 Å². The van der Waals surface area contributed by atoms with Crippen LogP contribution in [0, 0.1) is 17.5 Å². The number of nitrogens with zero attached hydrogens (tertiary/aromatic N) is 4. The molecule has 2 heterocycles. The number of amides is 1. The van der Waals surface area contributed by atoms with Crippen molar-refractivity contribution >= 4 is 5.91 Å². The number of carbonyl (C=O) groups is 1. The lowest BCUT2D eigenvalue weighted by atomic mass is 10.0. The van der Waals surface area contributed by atoms with Crippen LogP contribution in [0.2, 0.25) is 0 Å². The Balaban J connectivity index is 1.73. The summed E-state index contributed by atoms with van der Waals surface area (Å²) in [7, 11) is 0. The first-order chi connectivity index (χ1) is 13.9. The molecule has 3 atom stereocenters. The molecule has 1 aromatic heterocycles. The minimum absolute atomic E-state index is 0.00496. The van der Waals surface area contributed by atoms with Crippen molar-refractivity contribution in [2.75, 3.05) is 6.54 Å². The van der Waals surface area contributed by atoms with Gasteiger partial charge in [0, 0.05) is 25.1 Å². The largest absolute Gasteiger partial charge is 0.451 e. The highest BCUT2D eigenvalue weighted by Crippen LogP contribution is 2.36. The number of hydrogen-bond acceptors (Lipinski definition) is 4. The van der Waals surface area contributed by atoms with Crippen molar-refractivity contribution in [3.8, 4) is 0 Å². The summed E-state index contributed by atoms with van der Waals surface area (Å²) in [5.41, 5.74) is 5.72. The number of alkyl halides is 3. The highest BCUT2D eigenvalue weighted by atomic mass is 19.4. The van der Waals surface area contributed by atoms with E-state index in [0.717, 1.165) is 4.57 Å². The first-order valence-corrected chi connectivity index (χ1v) is 9.10. The molecule has 0 saturated carbocycles. The molecule has 1 aliphatic heterocycles. The molecule has 0 spiro atoms. The van der Waals surface area contributed by atoms with E-state index in [0.29, 0.717) is 12.1 Å². The Morgan fingerprint density at radius 1 is 1.17 bits per heavy atom. The van der Waals surface area contributed by atoms with Gasteiger partial charge in [0.2, 0.25) is 11.7 Å². The van der Waals surface area contributed by atoms with Gasteiger partial charge >= 0.3 is 6.18 Å². The predicted octanol–water partition coefficient (Wildman–Crippen LogP) is 3.14. The quantitative estimate of drug-likeness (QED) is 0.592. The SMILES string of the molecule is C[C@@H]1c2nnc(C(F)(F)F)n2[C@H](C)CN1C(=O)C[C@H](N)Cc1cc(F)c(F)cc1F. The molecule has 0 unspecified atom stereocenters. The molecule has 1 aromatic carbocycles. The van der Waals surface area contributed by atoms with Gasteiger partial charge in [-0.2, -0.15) is 13.2 Å².